The van der Waals surface area contributed by atoms with Gasteiger partial charge in [0.2, 0.25) is 0 Å². The standard InChI is InChI=1S/C26H38O4/c1-18(2)25(28)23-13-9-8-12-22(23)17-30-24(27)15-14-19(3)16-20(4)26(29)21-10-6-5-7-11-21/h8-9,12-13,18-21H,5-7,10-11,14-17H2,1-4H3. The molecule has 0 spiro atoms. The molecule has 166 valence electrons. The summed E-state index contributed by atoms with van der Waals surface area (Å²) in [5.41, 5.74) is 1.38. The molecule has 30 heavy (non-hydrogen) atoms. The number of carbonyl (C=O) groups excluding carboxylic acids is 3. The average molecular weight is 415 g/mol. The quantitative estimate of drug-likeness (QED) is 0.321. The Bertz CT molecular complexity index is 715. The fraction of sp³-hybridized carbons (Fsp3) is 0.654. The Morgan fingerprint density at radius 2 is 1.67 bits per heavy atom. The predicted octanol–water partition coefficient (Wildman–Crippen LogP) is 6.16. The van der Waals surface area contributed by atoms with Crippen LogP contribution >= 0.6 is 0 Å². The van der Waals surface area contributed by atoms with Gasteiger partial charge in [0.15, 0.2) is 5.78 Å². The van der Waals surface area contributed by atoms with E-state index < -0.39 is 0 Å². The monoisotopic (exact) mass is 414 g/mol. The van der Waals surface area contributed by atoms with Crippen LogP contribution in [0.5, 0.6) is 0 Å². The van der Waals surface area contributed by atoms with E-state index in [1.54, 1.807) is 6.07 Å². The smallest absolute Gasteiger partial charge is 0.306 e. The van der Waals surface area contributed by atoms with Gasteiger partial charge in [0.25, 0.3) is 0 Å². The van der Waals surface area contributed by atoms with Gasteiger partial charge in [0.1, 0.15) is 12.4 Å². The Hall–Kier alpha value is -1.97. The third kappa shape index (κ3) is 7.37. The molecule has 4 heteroatoms. The fourth-order valence-corrected chi connectivity index (χ4v) is 4.42. The van der Waals surface area contributed by atoms with Crippen LogP contribution in [0, 0.1) is 23.7 Å². The zero-order chi connectivity index (χ0) is 22.1. The summed E-state index contributed by atoms with van der Waals surface area (Å²) >= 11 is 0. The van der Waals surface area contributed by atoms with E-state index in [4.69, 9.17) is 4.74 Å². The van der Waals surface area contributed by atoms with Gasteiger partial charge in [-0.3, -0.25) is 14.4 Å². The average Bonchev–Trinajstić information content (AvgIpc) is 2.75. The lowest BCUT2D eigenvalue weighted by atomic mass is 9.79. The third-order valence-electron chi connectivity index (χ3n) is 6.29. The molecule has 0 N–H and O–H groups in total. The van der Waals surface area contributed by atoms with Gasteiger partial charge in [-0.15, -0.1) is 0 Å². The Labute approximate surface area is 181 Å². The SMILES string of the molecule is CC(CCC(=O)OCc1ccccc1C(=O)C(C)C)CC(C)C(=O)C1CCCCC1. The van der Waals surface area contributed by atoms with Crippen LogP contribution in [0.4, 0.5) is 0 Å². The highest BCUT2D eigenvalue weighted by atomic mass is 16.5. The molecule has 2 atom stereocenters. The van der Waals surface area contributed by atoms with Gasteiger partial charge in [-0.05, 0) is 31.6 Å². The first-order valence-electron chi connectivity index (χ1n) is 11.6. The lowest BCUT2D eigenvalue weighted by Gasteiger charge is -2.24. The second-order valence-corrected chi connectivity index (χ2v) is 9.35. The molecule has 0 heterocycles. The van der Waals surface area contributed by atoms with E-state index in [1.165, 1.54) is 19.3 Å². The molecule has 0 amide bonds. The van der Waals surface area contributed by atoms with E-state index >= 15 is 0 Å². The summed E-state index contributed by atoms with van der Waals surface area (Å²) in [7, 11) is 0. The maximum atomic E-state index is 12.6. The van der Waals surface area contributed by atoms with Crippen molar-refractivity contribution in [2.24, 2.45) is 23.7 Å². The molecular weight excluding hydrogens is 376 g/mol. The van der Waals surface area contributed by atoms with Gasteiger partial charge in [0.05, 0.1) is 0 Å². The van der Waals surface area contributed by atoms with Gasteiger partial charge in [0, 0.05) is 35.3 Å². The first-order valence-corrected chi connectivity index (χ1v) is 11.6. The third-order valence-corrected chi connectivity index (χ3v) is 6.29. The first kappa shape index (κ1) is 24.3. The lowest BCUT2D eigenvalue weighted by molar-refractivity contribution is -0.145. The highest BCUT2D eigenvalue weighted by Crippen LogP contribution is 2.29. The van der Waals surface area contributed by atoms with E-state index in [0.717, 1.165) is 24.8 Å². The second-order valence-electron chi connectivity index (χ2n) is 9.35. The van der Waals surface area contributed by atoms with Crippen molar-refractivity contribution in [1.82, 2.24) is 0 Å². The van der Waals surface area contributed by atoms with Gasteiger partial charge < -0.3 is 4.74 Å². The summed E-state index contributed by atoms with van der Waals surface area (Å²) in [6.07, 6.45) is 7.59. The molecule has 2 unspecified atom stereocenters. The number of ketones is 2. The second kappa shape index (κ2) is 12.0. The van der Waals surface area contributed by atoms with Crippen LogP contribution in [0.15, 0.2) is 24.3 Å². The Kier molecular flexibility index (Phi) is 9.74. The number of hydrogen-bond acceptors (Lipinski definition) is 4. The summed E-state index contributed by atoms with van der Waals surface area (Å²) < 4.78 is 5.44. The maximum absolute atomic E-state index is 12.6. The van der Waals surface area contributed by atoms with Crippen molar-refractivity contribution < 1.29 is 19.1 Å². The van der Waals surface area contributed by atoms with E-state index in [2.05, 4.69) is 6.92 Å². The number of rotatable bonds is 11. The molecule has 0 saturated heterocycles. The molecule has 1 saturated carbocycles. The maximum Gasteiger partial charge on any atom is 0.306 e. The van der Waals surface area contributed by atoms with Crippen molar-refractivity contribution in [3.05, 3.63) is 35.4 Å². The van der Waals surface area contributed by atoms with Crippen LogP contribution in [-0.2, 0) is 20.9 Å². The summed E-state index contributed by atoms with van der Waals surface area (Å²) in [5.74, 6) is 0.742. The lowest BCUT2D eigenvalue weighted by Crippen LogP contribution is -2.25. The van der Waals surface area contributed by atoms with Crippen molar-refractivity contribution in [2.75, 3.05) is 0 Å². The summed E-state index contributed by atoms with van der Waals surface area (Å²) in [6, 6.07) is 7.31. The van der Waals surface area contributed by atoms with E-state index in [9.17, 15) is 14.4 Å². The molecule has 4 nitrogen and oxygen atoms in total. The molecule has 0 bridgehead atoms. The molecule has 1 aliphatic carbocycles. The van der Waals surface area contributed by atoms with E-state index in [0.29, 0.717) is 30.1 Å². The number of esters is 1. The molecule has 1 fully saturated rings. The van der Waals surface area contributed by atoms with E-state index in [1.807, 2.05) is 39.0 Å². The number of carbonyl (C=O) groups is 3. The zero-order valence-electron chi connectivity index (χ0n) is 19.1. The van der Waals surface area contributed by atoms with Gasteiger partial charge >= 0.3 is 5.97 Å². The molecule has 0 radical (unpaired) electrons. The summed E-state index contributed by atoms with van der Waals surface area (Å²) in [5, 5.41) is 0. The largest absolute Gasteiger partial charge is 0.461 e. The molecule has 1 aromatic carbocycles. The van der Waals surface area contributed by atoms with Crippen molar-refractivity contribution in [1.29, 1.82) is 0 Å². The Morgan fingerprint density at radius 1 is 1.00 bits per heavy atom. The minimum atomic E-state index is -0.250. The van der Waals surface area contributed by atoms with Gasteiger partial charge in [-0.2, -0.15) is 0 Å². The number of ether oxygens (including phenoxy) is 1. The van der Waals surface area contributed by atoms with Crippen LogP contribution in [0.1, 0.15) is 95.0 Å². The minimum Gasteiger partial charge on any atom is -0.461 e. The topological polar surface area (TPSA) is 60.4 Å². The highest BCUT2D eigenvalue weighted by Gasteiger charge is 2.26. The zero-order valence-corrected chi connectivity index (χ0v) is 19.1. The predicted molar refractivity (Wildman–Crippen MR) is 119 cm³/mol. The normalized spacial score (nSPS) is 16.8. The van der Waals surface area contributed by atoms with Crippen molar-refractivity contribution in [3.63, 3.8) is 0 Å². The number of benzene rings is 1. The molecular formula is C26H38O4. The summed E-state index contributed by atoms with van der Waals surface area (Å²) in [4.78, 5) is 37.2. The highest BCUT2D eigenvalue weighted by molar-refractivity contribution is 5.98. The minimum absolute atomic E-state index is 0.0619. The Balaban J connectivity index is 1.75. The van der Waals surface area contributed by atoms with Crippen molar-refractivity contribution >= 4 is 17.5 Å². The van der Waals surface area contributed by atoms with Crippen LogP contribution in [-0.4, -0.2) is 17.5 Å². The first-order chi connectivity index (χ1) is 14.3. The molecule has 0 aliphatic heterocycles. The Morgan fingerprint density at radius 3 is 2.33 bits per heavy atom. The van der Waals surface area contributed by atoms with Crippen LogP contribution < -0.4 is 0 Å². The van der Waals surface area contributed by atoms with Gasteiger partial charge in [-0.25, -0.2) is 0 Å². The van der Waals surface area contributed by atoms with E-state index in [-0.39, 0.29) is 36.1 Å². The van der Waals surface area contributed by atoms with Gasteiger partial charge in [-0.1, -0.05) is 71.2 Å². The molecule has 1 aliphatic rings. The number of hydrogen-bond donors (Lipinski definition) is 0. The van der Waals surface area contributed by atoms with Crippen LogP contribution in [0.2, 0.25) is 0 Å². The number of Topliss-reactive ketones (excluding diaryl/α,β-unsaturated/α-hetero) is 2. The molecule has 1 aromatic rings. The van der Waals surface area contributed by atoms with Crippen LogP contribution in [0.25, 0.3) is 0 Å². The summed E-state index contributed by atoms with van der Waals surface area (Å²) in [6.45, 7) is 8.00. The van der Waals surface area contributed by atoms with Crippen LogP contribution in [0.3, 0.4) is 0 Å². The molecule has 2 rings (SSSR count). The fourth-order valence-electron chi connectivity index (χ4n) is 4.42. The van der Waals surface area contributed by atoms with Crippen molar-refractivity contribution in [3.8, 4) is 0 Å². The van der Waals surface area contributed by atoms with Crippen molar-refractivity contribution in [2.45, 2.75) is 85.7 Å². The molecule has 0 aromatic heterocycles.